The van der Waals surface area contributed by atoms with Crippen LogP contribution < -0.4 is 4.74 Å². The summed E-state index contributed by atoms with van der Waals surface area (Å²) >= 11 is 0. The van der Waals surface area contributed by atoms with Crippen molar-refractivity contribution in [2.75, 3.05) is 21.2 Å². The maximum absolute atomic E-state index is 11.7. The molecule has 0 saturated heterocycles. The smallest absolute Gasteiger partial charge is 0.396 e. The molecule has 2 rings (SSSR count). The summed E-state index contributed by atoms with van der Waals surface area (Å²) in [6.45, 7) is 0. The number of likely N-dealkylation sites (N-methyl/N-ethyl adjacent to an activating group) is 1. The van der Waals surface area contributed by atoms with Gasteiger partial charge in [-0.25, -0.2) is 4.79 Å². The fourth-order valence-electron chi connectivity index (χ4n) is 2.37. The Bertz CT molecular complexity index is 725. The second-order valence-corrected chi connectivity index (χ2v) is 5.19. The van der Waals surface area contributed by atoms with Crippen molar-refractivity contribution < 1.29 is 35.0 Å². The molecule has 23 heavy (non-hydrogen) atoms. The fourth-order valence-corrected chi connectivity index (χ4v) is 2.37. The van der Waals surface area contributed by atoms with E-state index >= 15 is 0 Å². The van der Waals surface area contributed by atoms with Crippen molar-refractivity contribution in [2.24, 2.45) is 0 Å². The highest BCUT2D eigenvalue weighted by molar-refractivity contribution is 5.83. The predicted molar refractivity (Wildman–Crippen MR) is 78.3 cm³/mol. The molecule has 0 saturated carbocycles. The van der Waals surface area contributed by atoms with Crippen molar-refractivity contribution in [1.82, 2.24) is 9.47 Å². The van der Waals surface area contributed by atoms with E-state index < -0.39 is 17.6 Å². The van der Waals surface area contributed by atoms with Gasteiger partial charge in [0.05, 0.1) is 12.6 Å². The van der Waals surface area contributed by atoms with Crippen molar-refractivity contribution in [3.05, 3.63) is 30.5 Å². The third kappa shape index (κ3) is 2.44. The van der Waals surface area contributed by atoms with Gasteiger partial charge in [0.15, 0.2) is 0 Å². The van der Waals surface area contributed by atoms with E-state index in [4.69, 9.17) is 9.99 Å². The second kappa shape index (κ2) is 5.80. The van der Waals surface area contributed by atoms with Gasteiger partial charge in [-0.2, -0.15) is 5.26 Å². The van der Waals surface area contributed by atoms with Crippen LogP contribution in [-0.4, -0.2) is 62.9 Å². The van der Waals surface area contributed by atoms with E-state index in [9.17, 15) is 20.1 Å². The minimum absolute atomic E-state index is 0.307. The van der Waals surface area contributed by atoms with Crippen LogP contribution in [0.2, 0.25) is 0 Å². The molecular formula is C14H18N2O7. The van der Waals surface area contributed by atoms with Crippen molar-refractivity contribution >= 4 is 16.9 Å². The van der Waals surface area contributed by atoms with Gasteiger partial charge in [-0.3, -0.25) is 14.4 Å². The lowest BCUT2D eigenvalue weighted by molar-refractivity contribution is -0.369. The lowest BCUT2D eigenvalue weighted by Crippen LogP contribution is -2.68. The normalized spacial score (nSPS) is 14.8. The highest BCUT2D eigenvalue weighted by Crippen LogP contribution is 2.33. The Morgan fingerprint density at radius 3 is 2.39 bits per heavy atom. The summed E-state index contributed by atoms with van der Waals surface area (Å²) in [7, 11) is 3.92. The van der Waals surface area contributed by atoms with Crippen LogP contribution in [0.25, 0.3) is 10.9 Å². The Balaban J connectivity index is 2.64. The Morgan fingerprint density at radius 2 is 1.87 bits per heavy atom. The van der Waals surface area contributed by atoms with Gasteiger partial charge < -0.3 is 20.1 Å². The maximum atomic E-state index is 11.7. The molecular weight excluding hydrogens is 308 g/mol. The number of methoxy groups -OCH3 is 1. The number of rotatable bonds is 5. The Labute approximate surface area is 131 Å². The zero-order chi connectivity index (χ0) is 17.4. The summed E-state index contributed by atoms with van der Waals surface area (Å²) in [6, 6.07) is 6.28. The molecule has 0 amide bonds. The molecule has 126 valence electrons. The minimum Gasteiger partial charge on any atom is -0.497 e. The van der Waals surface area contributed by atoms with Crippen LogP contribution in [0.1, 0.15) is 0 Å². The lowest BCUT2D eigenvalue weighted by Gasteiger charge is -2.41. The average molecular weight is 326 g/mol. The average Bonchev–Trinajstić information content (AvgIpc) is 2.96. The van der Waals surface area contributed by atoms with E-state index in [0.29, 0.717) is 16.7 Å². The van der Waals surface area contributed by atoms with Gasteiger partial charge in [0.25, 0.3) is 5.72 Å². The molecule has 0 radical (unpaired) electrons. The quantitative estimate of drug-likeness (QED) is 0.330. The SMILES string of the molecule is COc1ccc2c(ccn2C(O)(O)[C@@](O)(C(=O)OO)N(C)C)c1. The number of aliphatic hydroxyl groups is 3. The molecule has 0 spiro atoms. The number of carbonyl (C=O) groups is 1. The number of hydrogen-bond donors (Lipinski definition) is 4. The highest BCUT2D eigenvalue weighted by atomic mass is 17.1. The van der Waals surface area contributed by atoms with Crippen molar-refractivity contribution in [3.63, 3.8) is 0 Å². The second-order valence-electron chi connectivity index (χ2n) is 5.19. The number of ether oxygens (including phenoxy) is 1. The molecule has 0 bridgehead atoms. The lowest BCUT2D eigenvalue weighted by atomic mass is 10.1. The van der Waals surface area contributed by atoms with E-state index in [2.05, 4.69) is 4.89 Å². The first kappa shape index (κ1) is 17.2. The third-order valence-corrected chi connectivity index (χ3v) is 3.72. The largest absolute Gasteiger partial charge is 0.497 e. The molecule has 2 aromatic rings. The minimum atomic E-state index is -3.13. The predicted octanol–water partition coefficient (Wildman–Crippen LogP) is -0.489. The number of hydrogen-bond acceptors (Lipinski definition) is 8. The molecule has 0 aliphatic rings. The molecule has 1 atom stereocenters. The molecule has 1 heterocycles. The Morgan fingerprint density at radius 1 is 1.22 bits per heavy atom. The maximum Gasteiger partial charge on any atom is 0.396 e. The van der Waals surface area contributed by atoms with Gasteiger partial charge in [-0.1, -0.05) is 0 Å². The zero-order valence-corrected chi connectivity index (χ0v) is 12.8. The molecule has 1 aromatic carbocycles. The molecule has 0 unspecified atom stereocenters. The third-order valence-electron chi connectivity index (χ3n) is 3.72. The van der Waals surface area contributed by atoms with E-state index in [1.165, 1.54) is 33.5 Å². The molecule has 4 N–H and O–H groups in total. The van der Waals surface area contributed by atoms with Gasteiger partial charge in [0.1, 0.15) is 5.75 Å². The molecule has 0 aliphatic carbocycles. The monoisotopic (exact) mass is 326 g/mol. The van der Waals surface area contributed by atoms with Crippen molar-refractivity contribution in [2.45, 2.75) is 11.6 Å². The zero-order valence-electron chi connectivity index (χ0n) is 12.8. The molecule has 0 aliphatic heterocycles. The molecule has 0 fully saturated rings. The summed E-state index contributed by atoms with van der Waals surface area (Å²) < 4.78 is 5.95. The van der Waals surface area contributed by atoms with Gasteiger partial charge >= 0.3 is 11.9 Å². The standard InChI is InChI=1S/C14H18N2O7/c1-15(2)13(18,12(17)23-21)14(19,20)16-7-6-9-8-10(22-3)4-5-11(9)16/h4-8,18-21H,1-3H3/t13-/m0/s1. The molecule has 1 aromatic heterocycles. The van der Waals surface area contributed by atoms with Crippen LogP contribution in [-0.2, 0) is 15.6 Å². The fraction of sp³-hybridized carbons (Fsp3) is 0.357. The number of nitrogens with zero attached hydrogens (tertiary/aromatic N) is 2. The number of carbonyl (C=O) groups excluding carboxylic acids is 1. The first-order chi connectivity index (χ1) is 10.7. The first-order valence-electron chi connectivity index (χ1n) is 6.56. The van der Waals surface area contributed by atoms with Crippen LogP contribution in [0.4, 0.5) is 0 Å². The first-order valence-corrected chi connectivity index (χ1v) is 6.56. The Kier molecular flexibility index (Phi) is 4.33. The van der Waals surface area contributed by atoms with Crippen LogP contribution in [0.15, 0.2) is 30.5 Å². The summed E-state index contributed by atoms with van der Waals surface area (Å²) in [4.78, 5) is 16.1. The molecule has 9 heteroatoms. The molecule has 9 nitrogen and oxygen atoms in total. The number of benzene rings is 1. The van der Waals surface area contributed by atoms with Crippen LogP contribution in [0, 0.1) is 0 Å². The van der Waals surface area contributed by atoms with E-state index in [-0.39, 0.29) is 0 Å². The highest BCUT2D eigenvalue weighted by Gasteiger charge is 2.60. The van der Waals surface area contributed by atoms with Crippen LogP contribution >= 0.6 is 0 Å². The van der Waals surface area contributed by atoms with Gasteiger partial charge in [0.2, 0.25) is 0 Å². The summed E-state index contributed by atoms with van der Waals surface area (Å²) in [5, 5.41) is 40.6. The summed E-state index contributed by atoms with van der Waals surface area (Å²) in [5.41, 5.74) is -2.66. The number of aromatic nitrogens is 1. The van der Waals surface area contributed by atoms with Gasteiger partial charge in [0, 0.05) is 11.6 Å². The van der Waals surface area contributed by atoms with E-state index in [1.807, 2.05) is 0 Å². The topological polar surface area (TPSA) is 125 Å². The van der Waals surface area contributed by atoms with E-state index in [1.54, 1.807) is 18.2 Å². The van der Waals surface area contributed by atoms with Gasteiger partial charge in [-0.05, 0) is 38.4 Å². The summed E-state index contributed by atoms with van der Waals surface area (Å²) in [5.74, 6) is -4.23. The van der Waals surface area contributed by atoms with Crippen LogP contribution in [0.3, 0.4) is 0 Å². The summed E-state index contributed by atoms with van der Waals surface area (Å²) in [6.07, 6.45) is 1.27. The van der Waals surface area contributed by atoms with Crippen molar-refractivity contribution in [3.8, 4) is 5.75 Å². The van der Waals surface area contributed by atoms with E-state index in [0.717, 1.165) is 9.47 Å². The number of fused-ring (bicyclic) bond motifs is 1. The Hall–Kier alpha value is -2.17. The van der Waals surface area contributed by atoms with Crippen LogP contribution in [0.5, 0.6) is 5.75 Å². The van der Waals surface area contributed by atoms with Crippen molar-refractivity contribution in [1.29, 1.82) is 0 Å². The van der Waals surface area contributed by atoms with Gasteiger partial charge in [-0.15, -0.1) is 0 Å².